The molecule has 5 heteroatoms. The number of hydrogen-bond acceptors (Lipinski definition) is 5. The second kappa shape index (κ2) is 6.84. The Bertz CT molecular complexity index is 381. The van der Waals surface area contributed by atoms with Crippen LogP contribution in [0.4, 0.5) is 0 Å². The highest BCUT2D eigenvalue weighted by Gasteiger charge is 2.22. The smallest absolute Gasteiger partial charge is 0.137 e. The van der Waals surface area contributed by atoms with E-state index >= 15 is 0 Å². The van der Waals surface area contributed by atoms with Gasteiger partial charge in [0.05, 0.1) is 25.1 Å². The molecule has 1 aliphatic rings. The minimum atomic E-state index is -0.0463. The summed E-state index contributed by atoms with van der Waals surface area (Å²) in [6, 6.07) is 4.12. The first-order valence-electron chi connectivity index (χ1n) is 6.73. The Morgan fingerprint density at radius 2 is 2.37 bits per heavy atom. The lowest BCUT2D eigenvalue weighted by molar-refractivity contribution is -0.0565. The van der Waals surface area contributed by atoms with Crippen LogP contribution < -0.4 is 4.74 Å². The van der Waals surface area contributed by atoms with Gasteiger partial charge in [0.15, 0.2) is 0 Å². The molecular formula is C14H22N2O3. The van der Waals surface area contributed by atoms with E-state index < -0.39 is 0 Å². The Balaban J connectivity index is 1.80. The van der Waals surface area contributed by atoms with Gasteiger partial charge in [0.25, 0.3) is 0 Å². The molecule has 1 atom stereocenters. The third-order valence-electron chi connectivity index (χ3n) is 3.30. The van der Waals surface area contributed by atoms with Crippen molar-refractivity contribution in [3.63, 3.8) is 0 Å². The number of aromatic nitrogens is 1. The van der Waals surface area contributed by atoms with E-state index in [4.69, 9.17) is 14.6 Å². The standard InChI is InChI=1S/C14H22N2O3/c1-11(2)16-5-6-18-14(8-16)10-19-13-4-3-12(9-17)15-7-13/h3-4,7,11,14,17H,5-6,8-10H2,1-2H3. The van der Waals surface area contributed by atoms with E-state index in [1.807, 2.05) is 6.07 Å². The van der Waals surface area contributed by atoms with E-state index in [2.05, 4.69) is 23.7 Å². The van der Waals surface area contributed by atoms with Gasteiger partial charge in [0.1, 0.15) is 18.5 Å². The SMILES string of the molecule is CC(C)N1CCOC(COc2ccc(CO)nc2)C1. The van der Waals surface area contributed by atoms with Gasteiger partial charge in [-0.2, -0.15) is 0 Å². The highest BCUT2D eigenvalue weighted by molar-refractivity contribution is 5.19. The van der Waals surface area contributed by atoms with E-state index in [1.165, 1.54) is 0 Å². The quantitative estimate of drug-likeness (QED) is 0.863. The predicted octanol–water partition coefficient (Wildman–Crippen LogP) is 1.06. The second-order valence-corrected chi connectivity index (χ2v) is 5.04. The first-order valence-corrected chi connectivity index (χ1v) is 6.73. The van der Waals surface area contributed by atoms with Crippen LogP contribution in [0.1, 0.15) is 19.5 Å². The van der Waals surface area contributed by atoms with Crippen LogP contribution in [0.2, 0.25) is 0 Å². The summed E-state index contributed by atoms with van der Waals surface area (Å²) in [5.41, 5.74) is 0.646. The summed E-state index contributed by atoms with van der Waals surface area (Å²) < 4.78 is 11.4. The molecule has 1 aromatic heterocycles. The van der Waals surface area contributed by atoms with Gasteiger partial charge in [-0.3, -0.25) is 9.88 Å². The summed E-state index contributed by atoms with van der Waals surface area (Å²) in [4.78, 5) is 6.47. The maximum atomic E-state index is 8.91. The molecule has 5 nitrogen and oxygen atoms in total. The van der Waals surface area contributed by atoms with Gasteiger partial charge in [-0.1, -0.05) is 0 Å². The van der Waals surface area contributed by atoms with Crippen molar-refractivity contribution in [2.45, 2.75) is 32.6 Å². The third-order valence-corrected chi connectivity index (χ3v) is 3.30. The first-order chi connectivity index (χ1) is 9.19. The molecule has 0 aliphatic carbocycles. The van der Waals surface area contributed by atoms with Crippen LogP contribution in [0, 0.1) is 0 Å². The lowest BCUT2D eigenvalue weighted by atomic mass is 10.2. The van der Waals surface area contributed by atoms with Crippen LogP contribution in [0.25, 0.3) is 0 Å². The number of hydrogen-bond donors (Lipinski definition) is 1. The molecular weight excluding hydrogens is 244 g/mol. The highest BCUT2D eigenvalue weighted by Crippen LogP contribution is 2.13. The predicted molar refractivity (Wildman–Crippen MR) is 72.1 cm³/mol. The molecule has 1 N–H and O–H groups in total. The zero-order chi connectivity index (χ0) is 13.7. The fraction of sp³-hybridized carbons (Fsp3) is 0.643. The Morgan fingerprint density at radius 3 is 3.00 bits per heavy atom. The van der Waals surface area contributed by atoms with E-state index in [0.717, 1.165) is 19.7 Å². The van der Waals surface area contributed by atoms with Crippen molar-refractivity contribution in [1.82, 2.24) is 9.88 Å². The largest absolute Gasteiger partial charge is 0.489 e. The van der Waals surface area contributed by atoms with Gasteiger partial charge in [0.2, 0.25) is 0 Å². The van der Waals surface area contributed by atoms with Gasteiger partial charge in [-0.15, -0.1) is 0 Å². The normalized spacial score (nSPS) is 20.7. The lowest BCUT2D eigenvalue weighted by Gasteiger charge is -2.35. The van der Waals surface area contributed by atoms with Gasteiger partial charge in [-0.05, 0) is 26.0 Å². The number of pyridine rings is 1. The molecule has 0 spiro atoms. The Hall–Kier alpha value is -1.17. The number of aliphatic hydroxyl groups excluding tert-OH is 1. The molecule has 1 unspecified atom stereocenters. The molecule has 1 fully saturated rings. The molecule has 0 amide bonds. The maximum Gasteiger partial charge on any atom is 0.137 e. The Labute approximate surface area is 114 Å². The molecule has 0 aromatic carbocycles. The summed E-state index contributed by atoms with van der Waals surface area (Å²) in [7, 11) is 0. The van der Waals surface area contributed by atoms with E-state index in [1.54, 1.807) is 12.3 Å². The fourth-order valence-corrected chi connectivity index (χ4v) is 2.09. The zero-order valence-electron chi connectivity index (χ0n) is 11.6. The van der Waals surface area contributed by atoms with Crippen LogP contribution in [0.3, 0.4) is 0 Å². The summed E-state index contributed by atoms with van der Waals surface area (Å²) in [6.45, 7) is 7.52. The third kappa shape index (κ3) is 4.16. The Kier molecular flexibility index (Phi) is 5.13. The fourth-order valence-electron chi connectivity index (χ4n) is 2.09. The summed E-state index contributed by atoms with van der Waals surface area (Å²) in [6.07, 6.45) is 1.74. The first kappa shape index (κ1) is 14.2. The molecule has 106 valence electrons. The average Bonchev–Trinajstić information content (AvgIpc) is 2.46. The molecule has 19 heavy (non-hydrogen) atoms. The summed E-state index contributed by atoms with van der Waals surface area (Å²) in [5.74, 6) is 0.711. The van der Waals surface area contributed by atoms with Gasteiger partial charge in [-0.25, -0.2) is 0 Å². The van der Waals surface area contributed by atoms with Crippen LogP contribution in [0.5, 0.6) is 5.75 Å². The lowest BCUT2D eigenvalue weighted by Crippen LogP contribution is -2.47. The minimum Gasteiger partial charge on any atom is -0.489 e. The van der Waals surface area contributed by atoms with Crippen LogP contribution in [-0.4, -0.2) is 53.4 Å². The number of rotatable bonds is 5. The van der Waals surface area contributed by atoms with Crippen molar-refractivity contribution in [3.8, 4) is 5.75 Å². The van der Waals surface area contributed by atoms with Gasteiger partial charge >= 0.3 is 0 Å². The monoisotopic (exact) mass is 266 g/mol. The molecule has 1 aromatic rings. The van der Waals surface area contributed by atoms with Gasteiger partial charge in [0, 0.05) is 19.1 Å². The highest BCUT2D eigenvalue weighted by atomic mass is 16.5. The van der Waals surface area contributed by atoms with Crippen molar-refractivity contribution in [3.05, 3.63) is 24.0 Å². The molecule has 0 bridgehead atoms. The number of ether oxygens (including phenoxy) is 2. The van der Waals surface area contributed by atoms with E-state index in [-0.39, 0.29) is 12.7 Å². The van der Waals surface area contributed by atoms with Crippen LogP contribution in [-0.2, 0) is 11.3 Å². The molecule has 1 aliphatic heterocycles. The van der Waals surface area contributed by atoms with E-state index in [9.17, 15) is 0 Å². The van der Waals surface area contributed by atoms with Crippen molar-refractivity contribution in [2.75, 3.05) is 26.3 Å². The summed E-state index contributed by atoms with van der Waals surface area (Å²) >= 11 is 0. The number of nitrogens with zero attached hydrogens (tertiary/aromatic N) is 2. The van der Waals surface area contributed by atoms with Crippen molar-refractivity contribution < 1.29 is 14.6 Å². The van der Waals surface area contributed by atoms with Crippen LogP contribution in [0.15, 0.2) is 18.3 Å². The van der Waals surface area contributed by atoms with Crippen molar-refractivity contribution in [1.29, 1.82) is 0 Å². The molecule has 2 heterocycles. The molecule has 1 saturated heterocycles. The molecule has 0 saturated carbocycles. The van der Waals surface area contributed by atoms with Crippen molar-refractivity contribution >= 4 is 0 Å². The Morgan fingerprint density at radius 1 is 1.53 bits per heavy atom. The zero-order valence-corrected chi connectivity index (χ0v) is 11.6. The summed E-state index contributed by atoms with van der Waals surface area (Å²) in [5, 5.41) is 8.91. The average molecular weight is 266 g/mol. The van der Waals surface area contributed by atoms with Gasteiger partial charge < -0.3 is 14.6 Å². The number of morpholine rings is 1. The minimum absolute atomic E-state index is 0.0463. The van der Waals surface area contributed by atoms with E-state index in [0.29, 0.717) is 24.1 Å². The molecule has 2 rings (SSSR count). The van der Waals surface area contributed by atoms with Crippen molar-refractivity contribution in [2.24, 2.45) is 0 Å². The second-order valence-electron chi connectivity index (χ2n) is 5.04. The number of aliphatic hydroxyl groups is 1. The maximum absolute atomic E-state index is 8.91. The molecule has 0 radical (unpaired) electrons. The van der Waals surface area contributed by atoms with Crippen LogP contribution >= 0.6 is 0 Å². The topological polar surface area (TPSA) is 54.8 Å².